The summed E-state index contributed by atoms with van der Waals surface area (Å²) in [5, 5.41) is 8.74. The normalized spacial score (nSPS) is 13.2. The van der Waals surface area contributed by atoms with Crippen molar-refractivity contribution in [2.24, 2.45) is 5.73 Å². The van der Waals surface area contributed by atoms with Crippen LogP contribution in [0.3, 0.4) is 0 Å². The van der Waals surface area contributed by atoms with Crippen LogP contribution in [-0.2, 0) is 11.2 Å². The monoisotopic (exact) mass is 263 g/mol. The van der Waals surface area contributed by atoms with Gasteiger partial charge in [-0.25, -0.2) is 4.79 Å². The summed E-state index contributed by atoms with van der Waals surface area (Å²) in [5.74, 6) is -2.46. The molecule has 0 amide bonds. The van der Waals surface area contributed by atoms with Crippen molar-refractivity contribution < 1.29 is 27.8 Å². The molecule has 0 aliphatic heterocycles. The minimum atomic E-state index is -5.02. The van der Waals surface area contributed by atoms with Crippen LogP contribution in [0.4, 0.5) is 13.2 Å². The van der Waals surface area contributed by atoms with Gasteiger partial charge in [-0.05, 0) is 24.1 Å². The summed E-state index contributed by atoms with van der Waals surface area (Å²) in [7, 11) is 0. The minimum absolute atomic E-state index is 0.190. The van der Waals surface area contributed by atoms with E-state index >= 15 is 0 Å². The van der Waals surface area contributed by atoms with Crippen LogP contribution in [0.25, 0.3) is 0 Å². The van der Waals surface area contributed by atoms with Gasteiger partial charge in [-0.15, -0.1) is 0 Å². The highest BCUT2D eigenvalue weighted by atomic mass is 19.4. The van der Waals surface area contributed by atoms with Gasteiger partial charge in [0.25, 0.3) is 0 Å². The Morgan fingerprint density at radius 1 is 1.33 bits per heavy atom. The summed E-state index contributed by atoms with van der Waals surface area (Å²) in [6.07, 6.45) is -4.64. The van der Waals surface area contributed by atoms with E-state index in [2.05, 4.69) is 4.74 Å². The lowest BCUT2D eigenvalue weighted by Crippen LogP contribution is -2.28. The van der Waals surface area contributed by atoms with E-state index < -0.39 is 18.2 Å². The van der Waals surface area contributed by atoms with Gasteiger partial charge in [0.05, 0.1) is 6.61 Å². The quantitative estimate of drug-likeness (QED) is 0.628. The van der Waals surface area contributed by atoms with Crippen molar-refractivity contribution in [1.29, 1.82) is 0 Å². The molecule has 0 aliphatic carbocycles. The molecule has 0 aromatic heterocycles. The second-order valence-corrected chi connectivity index (χ2v) is 3.68. The molecule has 1 aromatic carbocycles. The highest BCUT2D eigenvalue weighted by Gasteiger charge is 2.41. The van der Waals surface area contributed by atoms with E-state index in [-0.39, 0.29) is 12.4 Å². The molecule has 7 heteroatoms. The molecular weight excluding hydrogens is 251 g/mol. The van der Waals surface area contributed by atoms with Gasteiger partial charge >= 0.3 is 12.1 Å². The molecule has 0 aliphatic rings. The molecule has 1 atom stereocenters. The highest BCUT2D eigenvalue weighted by molar-refractivity contribution is 5.78. The molecule has 0 fully saturated rings. The number of aliphatic hydroxyl groups excluding tert-OH is 1. The molecule has 3 N–H and O–H groups in total. The zero-order valence-electron chi connectivity index (χ0n) is 9.28. The van der Waals surface area contributed by atoms with Crippen molar-refractivity contribution >= 4 is 5.97 Å². The Bertz CT molecular complexity index is 403. The fourth-order valence-corrected chi connectivity index (χ4v) is 1.23. The molecule has 18 heavy (non-hydrogen) atoms. The Morgan fingerprint density at radius 3 is 2.33 bits per heavy atom. The minimum Gasteiger partial charge on any atom is -0.420 e. The topological polar surface area (TPSA) is 72.6 Å². The predicted octanol–water partition coefficient (Wildman–Crippen LogP) is 1.02. The zero-order valence-corrected chi connectivity index (χ0v) is 9.28. The van der Waals surface area contributed by atoms with Crippen molar-refractivity contribution in [2.45, 2.75) is 18.6 Å². The van der Waals surface area contributed by atoms with Gasteiger partial charge in [0, 0.05) is 6.04 Å². The Hall–Kier alpha value is -1.60. The summed E-state index contributed by atoms with van der Waals surface area (Å²) >= 11 is 0. The van der Waals surface area contributed by atoms with E-state index in [0.717, 1.165) is 5.56 Å². The van der Waals surface area contributed by atoms with Crippen molar-refractivity contribution in [3.63, 3.8) is 0 Å². The van der Waals surface area contributed by atoms with E-state index in [4.69, 9.17) is 10.8 Å². The van der Waals surface area contributed by atoms with Gasteiger partial charge < -0.3 is 15.6 Å². The van der Waals surface area contributed by atoms with E-state index in [1.807, 2.05) is 0 Å². The number of aliphatic hydroxyl groups is 1. The molecule has 0 radical (unpaired) electrons. The van der Waals surface area contributed by atoms with Gasteiger partial charge in [0.2, 0.25) is 0 Å². The van der Waals surface area contributed by atoms with E-state index in [0.29, 0.717) is 6.42 Å². The largest absolute Gasteiger partial charge is 0.491 e. The number of carbonyl (C=O) groups excluding carboxylic acids is 1. The van der Waals surface area contributed by atoms with E-state index in [9.17, 15) is 18.0 Å². The number of alkyl halides is 3. The van der Waals surface area contributed by atoms with Crippen molar-refractivity contribution in [3.8, 4) is 5.75 Å². The summed E-state index contributed by atoms with van der Waals surface area (Å²) < 4.78 is 39.9. The number of rotatable bonds is 4. The number of nitrogens with two attached hydrogens (primary N) is 1. The standard InChI is InChI=1S/C11H12F3NO3/c12-11(13,14)10(17)18-9-3-1-7(2-4-9)5-8(15)6-16/h1-4,8,16H,5-6,15H2/t8-/m0/s1. The molecule has 0 unspecified atom stereocenters. The number of hydrogen-bond donors (Lipinski definition) is 2. The van der Waals surface area contributed by atoms with Crippen LogP contribution in [0.2, 0.25) is 0 Å². The summed E-state index contributed by atoms with van der Waals surface area (Å²) in [5.41, 5.74) is 6.22. The van der Waals surface area contributed by atoms with E-state index in [1.165, 1.54) is 24.3 Å². The molecular formula is C11H12F3NO3. The average molecular weight is 263 g/mol. The van der Waals surface area contributed by atoms with Crippen LogP contribution >= 0.6 is 0 Å². The number of ether oxygens (including phenoxy) is 1. The Morgan fingerprint density at radius 2 is 1.89 bits per heavy atom. The van der Waals surface area contributed by atoms with Crippen LogP contribution < -0.4 is 10.5 Å². The first-order valence-corrected chi connectivity index (χ1v) is 5.07. The molecule has 0 bridgehead atoms. The average Bonchev–Trinajstić information content (AvgIpc) is 2.30. The second kappa shape index (κ2) is 5.83. The number of hydrogen-bond acceptors (Lipinski definition) is 4. The van der Waals surface area contributed by atoms with E-state index in [1.54, 1.807) is 0 Å². The van der Waals surface area contributed by atoms with Gasteiger partial charge in [0.1, 0.15) is 5.75 Å². The van der Waals surface area contributed by atoms with Crippen LogP contribution in [0.5, 0.6) is 5.75 Å². The maximum absolute atomic E-state index is 11.9. The van der Waals surface area contributed by atoms with Gasteiger partial charge in [0.15, 0.2) is 0 Å². The van der Waals surface area contributed by atoms with Gasteiger partial charge in [-0.1, -0.05) is 12.1 Å². The second-order valence-electron chi connectivity index (χ2n) is 3.68. The lowest BCUT2D eigenvalue weighted by Gasteiger charge is -2.09. The first-order valence-electron chi connectivity index (χ1n) is 5.07. The molecule has 4 nitrogen and oxygen atoms in total. The Labute approximate surface area is 101 Å². The number of halogens is 3. The molecule has 100 valence electrons. The molecule has 0 spiro atoms. The summed E-state index contributed by atoms with van der Waals surface area (Å²) in [6.45, 7) is -0.190. The first kappa shape index (κ1) is 14.5. The van der Waals surface area contributed by atoms with Crippen LogP contribution in [0.15, 0.2) is 24.3 Å². The van der Waals surface area contributed by atoms with Crippen molar-refractivity contribution in [1.82, 2.24) is 0 Å². The fraction of sp³-hybridized carbons (Fsp3) is 0.364. The molecule has 1 rings (SSSR count). The lowest BCUT2D eigenvalue weighted by molar-refractivity contribution is -0.189. The maximum atomic E-state index is 11.9. The SMILES string of the molecule is N[C@H](CO)Cc1ccc(OC(=O)C(F)(F)F)cc1. The molecule has 0 heterocycles. The number of carbonyl (C=O) groups is 1. The fourth-order valence-electron chi connectivity index (χ4n) is 1.23. The zero-order chi connectivity index (χ0) is 13.8. The Balaban J connectivity index is 2.63. The first-order chi connectivity index (χ1) is 8.32. The summed E-state index contributed by atoms with van der Waals surface area (Å²) in [6, 6.07) is 5.00. The van der Waals surface area contributed by atoms with Crippen molar-refractivity contribution in [2.75, 3.05) is 6.61 Å². The Kier molecular flexibility index (Phi) is 4.69. The van der Waals surface area contributed by atoms with Gasteiger partial charge in [-0.2, -0.15) is 13.2 Å². The highest BCUT2D eigenvalue weighted by Crippen LogP contribution is 2.20. The third-order valence-electron chi connectivity index (χ3n) is 2.10. The number of esters is 1. The smallest absolute Gasteiger partial charge is 0.420 e. The molecule has 1 aromatic rings. The third-order valence-corrected chi connectivity index (χ3v) is 2.10. The maximum Gasteiger partial charge on any atom is 0.491 e. The van der Waals surface area contributed by atoms with Crippen molar-refractivity contribution in [3.05, 3.63) is 29.8 Å². The van der Waals surface area contributed by atoms with Crippen LogP contribution in [0, 0.1) is 0 Å². The third kappa shape index (κ3) is 4.34. The molecule has 0 saturated carbocycles. The lowest BCUT2D eigenvalue weighted by atomic mass is 10.1. The number of benzene rings is 1. The molecule has 0 saturated heterocycles. The predicted molar refractivity (Wildman–Crippen MR) is 56.9 cm³/mol. The summed E-state index contributed by atoms with van der Waals surface area (Å²) in [4.78, 5) is 10.5. The van der Waals surface area contributed by atoms with Gasteiger partial charge in [-0.3, -0.25) is 0 Å². The van der Waals surface area contributed by atoms with Crippen LogP contribution in [0.1, 0.15) is 5.56 Å². The van der Waals surface area contributed by atoms with Crippen LogP contribution in [-0.4, -0.2) is 29.9 Å².